The molecular formula is C26H32N6O3S. The lowest BCUT2D eigenvalue weighted by molar-refractivity contribution is 0.101. The molecule has 3 fully saturated rings. The fourth-order valence-electron chi connectivity index (χ4n) is 6.53. The normalized spacial score (nSPS) is 27.1. The van der Waals surface area contributed by atoms with E-state index in [0.717, 1.165) is 62.0 Å². The van der Waals surface area contributed by atoms with Crippen molar-refractivity contribution in [1.82, 2.24) is 9.97 Å². The van der Waals surface area contributed by atoms with E-state index in [4.69, 9.17) is 20.4 Å². The summed E-state index contributed by atoms with van der Waals surface area (Å²) in [6, 6.07) is 6.98. The van der Waals surface area contributed by atoms with E-state index in [1.165, 1.54) is 29.7 Å². The number of aryl methyl sites for hydroxylation is 3. The third-order valence-electron chi connectivity index (χ3n) is 8.85. The van der Waals surface area contributed by atoms with Crippen LogP contribution in [0.3, 0.4) is 0 Å². The molecule has 2 saturated heterocycles. The van der Waals surface area contributed by atoms with E-state index in [1.807, 2.05) is 0 Å². The summed E-state index contributed by atoms with van der Waals surface area (Å²) >= 11 is 0. The molecule has 1 aromatic carbocycles. The fourth-order valence-corrected chi connectivity index (χ4v) is 7.83. The summed E-state index contributed by atoms with van der Waals surface area (Å²) in [5, 5.41) is 3.52. The second-order valence-corrected chi connectivity index (χ2v) is 12.6. The first kappa shape index (κ1) is 22.3. The van der Waals surface area contributed by atoms with E-state index in [9.17, 15) is 9.00 Å². The molecule has 9 nitrogen and oxygen atoms in total. The van der Waals surface area contributed by atoms with Gasteiger partial charge in [0.2, 0.25) is 5.95 Å². The number of primary amides is 1. The number of fused-ring (bicyclic) bond motifs is 3. The molecule has 3 atom stereocenters. The predicted molar refractivity (Wildman–Crippen MR) is 138 cm³/mol. The number of aromatic nitrogens is 2. The van der Waals surface area contributed by atoms with E-state index in [1.54, 1.807) is 0 Å². The van der Waals surface area contributed by atoms with Crippen molar-refractivity contribution in [2.45, 2.75) is 49.0 Å². The summed E-state index contributed by atoms with van der Waals surface area (Å²) in [6.07, 6.45) is 5.10. The monoisotopic (exact) mass is 508 g/mol. The highest BCUT2D eigenvalue weighted by atomic mass is 32.2. The number of hydrogen-bond donors (Lipinski definition) is 2. The molecule has 3 unspecified atom stereocenters. The zero-order chi connectivity index (χ0) is 24.4. The van der Waals surface area contributed by atoms with Gasteiger partial charge < -0.3 is 25.6 Å². The van der Waals surface area contributed by atoms with Gasteiger partial charge in [0.25, 0.3) is 0 Å². The highest BCUT2D eigenvalue weighted by Gasteiger charge is 2.43. The number of benzene rings is 1. The van der Waals surface area contributed by atoms with Crippen molar-refractivity contribution >= 4 is 34.3 Å². The van der Waals surface area contributed by atoms with Crippen LogP contribution in [0, 0.1) is 11.8 Å². The lowest BCUT2D eigenvalue weighted by Gasteiger charge is -2.42. The number of anilines is 3. The Bertz CT molecular complexity index is 1250. The minimum Gasteiger partial charge on any atom is -0.447 e. The first-order valence-electron chi connectivity index (χ1n) is 13.1. The predicted octanol–water partition coefficient (Wildman–Crippen LogP) is 2.24. The number of ether oxygens (including phenoxy) is 1. The van der Waals surface area contributed by atoms with Crippen molar-refractivity contribution in [3.05, 3.63) is 35.0 Å². The van der Waals surface area contributed by atoms with E-state index in [0.29, 0.717) is 29.8 Å². The summed E-state index contributed by atoms with van der Waals surface area (Å²) in [4.78, 5) is 26.6. The van der Waals surface area contributed by atoms with E-state index in [-0.39, 0.29) is 6.61 Å². The molecule has 0 spiro atoms. The third kappa shape index (κ3) is 3.72. The van der Waals surface area contributed by atoms with Crippen LogP contribution in [-0.2, 0) is 34.8 Å². The van der Waals surface area contributed by atoms with Crippen molar-refractivity contribution in [1.29, 1.82) is 0 Å². The van der Waals surface area contributed by atoms with Crippen LogP contribution in [0.4, 0.5) is 22.2 Å². The molecule has 2 aromatic rings. The average molecular weight is 509 g/mol. The number of nitrogens with one attached hydrogen (secondary N) is 1. The summed E-state index contributed by atoms with van der Waals surface area (Å²) in [5.41, 5.74) is 10.1. The maximum absolute atomic E-state index is 12.8. The lowest BCUT2D eigenvalue weighted by Crippen LogP contribution is -2.50. The highest BCUT2D eigenvalue weighted by molar-refractivity contribution is 7.85. The first-order valence-corrected chi connectivity index (χ1v) is 14.4. The highest BCUT2D eigenvalue weighted by Crippen LogP contribution is 2.41. The van der Waals surface area contributed by atoms with Gasteiger partial charge in [-0.25, -0.2) is 9.78 Å². The molecule has 36 heavy (non-hydrogen) atoms. The van der Waals surface area contributed by atoms with Crippen LogP contribution >= 0.6 is 0 Å². The van der Waals surface area contributed by atoms with Gasteiger partial charge in [-0.05, 0) is 55.4 Å². The molecule has 0 radical (unpaired) electrons. The SMILES string of the molecule is NC(=O)OCC1(Nc2nc(N3CC4CN(c5ccc6c(c5)CC6)CC4C3)nc3c2S(=O)CC3)CCC1. The van der Waals surface area contributed by atoms with Gasteiger partial charge >= 0.3 is 6.09 Å². The van der Waals surface area contributed by atoms with Gasteiger partial charge in [-0.1, -0.05) is 6.07 Å². The van der Waals surface area contributed by atoms with Crippen LogP contribution in [0.1, 0.15) is 36.1 Å². The summed E-state index contributed by atoms with van der Waals surface area (Å²) in [7, 11) is -1.12. The number of nitrogens with two attached hydrogens (primary N) is 1. The van der Waals surface area contributed by atoms with Crippen molar-refractivity contribution in [3.63, 3.8) is 0 Å². The van der Waals surface area contributed by atoms with Crippen LogP contribution in [0.15, 0.2) is 23.1 Å². The van der Waals surface area contributed by atoms with Gasteiger partial charge in [0, 0.05) is 55.9 Å². The Morgan fingerprint density at radius 1 is 1.08 bits per heavy atom. The Morgan fingerprint density at radius 3 is 2.47 bits per heavy atom. The van der Waals surface area contributed by atoms with Crippen molar-refractivity contribution < 1.29 is 13.7 Å². The van der Waals surface area contributed by atoms with Crippen LogP contribution in [0.5, 0.6) is 0 Å². The third-order valence-corrected chi connectivity index (χ3v) is 10.3. The second-order valence-electron chi connectivity index (χ2n) is 11.1. The zero-order valence-electron chi connectivity index (χ0n) is 20.4. The molecule has 1 saturated carbocycles. The van der Waals surface area contributed by atoms with Gasteiger partial charge in [-0.3, -0.25) is 4.21 Å². The number of amides is 1. The number of hydrogen-bond acceptors (Lipinski definition) is 8. The molecule has 7 rings (SSSR count). The summed E-state index contributed by atoms with van der Waals surface area (Å²) in [5.74, 6) is 3.11. The maximum Gasteiger partial charge on any atom is 0.404 e. The molecule has 1 amide bonds. The second kappa shape index (κ2) is 8.33. The minimum atomic E-state index is -1.12. The Kier molecular flexibility index (Phi) is 5.16. The van der Waals surface area contributed by atoms with Crippen molar-refractivity contribution in [2.75, 3.05) is 53.7 Å². The maximum atomic E-state index is 12.8. The Labute approximate surface area is 213 Å². The van der Waals surface area contributed by atoms with Gasteiger partial charge in [0.15, 0.2) is 0 Å². The van der Waals surface area contributed by atoms with Gasteiger partial charge in [0.1, 0.15) is 17.3 Å². The Morgan fingerprint density at radius 2 is 1.83 bits per heavy atom. The molecule has 1 aromatic heterocycles. The minimum absolute atomic E-state index is 0.190. The number of nitrogens with zero attached hydrogens (tertiary/aromatic N) is 4. The molecule has 10 heteroatoms. The summed E-state index contributed by atoms with van der Waals surface area (Å²) in [6.45, 7) is 4.18. The quantitative estimate of drug-likeness (QED) is 0.611. The molecule has 190 valence electrons. The van der Waals surface area contributed by atoms with Gasteiger partial charge in [0.05, 0.1) is 22.0 Å². The first-order chi connectivity index (χ1) is 17.5. The molecule has 2 aliphatic carbocycles. The summed E-state index contributed by atoms with van der Waals surface area (Å²) < 4.78 is 18.0. The topological polar surface area (TPSA) is 114 Å². The van der Waals surface area contributed by atoms with Crippen LogP contribution in [0.2, 0.25) is 0 Å². The standard InChI is InChI=1S/C26H32N6O3S/c27-24(33)35-15-26(7-1-8-26)30-23-22-21(6-9-36(22)34)28-25(29-23)32-13-18-11-31(12-19(18)14-32)20-5-4-16-2-3-17(16)10-20/h4-5,10,18-19H,1-3,6-9,11-15H2,(H2,27,33)(H,28,29,30). The van der Waals surface area contributed by atoms with Crippen LogP contribution in [-0.4, -0.2) is 64.3 Å². The van der Waals surface area contributed by atoms with Gasteiger partial charge in [-0.2, -0.15) is 4.98 Å². The molecule has 3 aliphatic heterocycles. The van der Waals surface area contributed by atoms with Crippen LogP contribution < -0.4 is 20.9 Å². The molecule has 5 aliphatic rings. The molecule has 4 heterocycles. The zero-order valence-corrected chi connectivity index (χ0v) is 21.2. The van der Waals surface area contributed by atoms with Crippen LogP contribution in [0.25, 0.3) is 0 Å². The smallest absolute Gasteiger partial charge is 0.404 e. The number of carbonyl (C=O) groups is 1. The largest absolute Gasteiger partial charge is 0.447 e. The number of rotatable bonds is 6. The van der Waals surface area contributed by atoms with Gasteiger partial charge in [-0.15, -0.1) is 0 Å². The lowest BCUT2D eigenvalue weighted by atomic mass is 9.77. The average Bonchev–Trinajstić information content (AvgIpc) is 3.49. The Balaban J connectivity index is 1.10. The number of carbonyl (C=O) groups excluding carboxylic acids is 1. The van der Waals surface area contributed by atoms with E-state index in [2.05, 4.69) is 33.3 Å². The fraction of sp³-hybridized carbons (Fsp3) is 0.577. The molecule has 0 bridgehead atoms. The van der Waals surface area contributed by atoms with E-state index < -0.39 is 22.4 Å². The van der Waals surface area contributed by atoms with Crippen molar-refractivity contribution in [3.8, 4) is 0 Å². The molecule has 3 N–H and O–H groups in total. The van der Waals surface area contributed by atoms with E-state index >= 15 is 0 Å². The van der Waals surface area contributed by atoms with Crippen molar-refractivity contribution in [2.24, 2.45) is 17.6 Å². The molecular weight excluding hydrogens is 476 g/mol. The Hall–Kier alpha value is -2.88.